The van der Waals surface area contributed by atoms with Crippen molar-refractivity contribution in [1.29, 1.82) is 0 Å². The van der Waals surface area contributed by atoms with Crippen LogP contribution in [0.3, 0.4) is 0 Å². The monoisotopic (exact) mass is 564 g/mol. The lowest BCUT2D eigenvalue weighted by atomic mass is 9.55. The molecule has 0 aromatic rings. The van der Waals surface area contributed by atoms with Crippen molar-refractivity contribution in [3.05, 3.63) is 23.8 Å². The topological polar surface area (TPSA) is 164 Å². The van der Waals surface area contributed by atoms with Gasteiger partial charge in [-0.1, -0.05) is 13.0 Å². The first kappa shape index (κ1) is 29.7. The lowest BCUT2D eigenvalue weighted by molar-refractivity contribution is -0.220. The molecule has 0 aromatic carbocycles. The van der Waals surface area contributed by atoms with Gasteiger partial charge in [-0.15, -0.1) is 0 Å². The van der Waals surface area contributed by atoms with Crippen molar-refractivity contribution in [3.8, 4) is 0 Å². The molecule has 0 saturated carbocycles. The van der Waals surface area contributed by atoms with E-state index < -0.39 is 88.5 Å². The third-order valence-corrected chi connectivity index (χ3v) is 8.60. The van der Waals surface area contributed by atoms with Gasteiger partial charge in [0, 0.05) is 45.4 Å². The molecule has 40 heavy (non-hydrogen) atoms. The van der Waals surface area contributed by atoms with Crippen LogP contribution in [0.2, 0.25) is 0 Å². The maximum absolute atomic E-state index is 13.1. The molecule has 4 aliphatic rings. The zero-order valence-corrected chi connectivity index (χ0v) is 23.8. The average Bonchev–Trinajstić information content (AvgIpc) is 3.39. The number of rotatable bonds is 4. The smallest absolute Gasteiger partial charge is 0.342 e. The second-order valence-corrected chi connectivity index (χ2v) is 11.6. The summed E-state index contributed by atoms with van der Waals surface area (Å²) in [4.78, 5) is 62.2. The molecule has 0 amide bonds. The first-order valence-electron chi connectivity index (χ1n) is 13.1. The van der Waals surface area contributed by atoms with Gasteiger partial charge in [0.25, 0.3) is 0 Å². The SMILES string of the molecule is CC(=O)OC1C[C@H](OC(C)=O)[C@@]2(C)C=C[C@@H](OC(C)=O)[C@@](C)(O)[C@@H]2C(OC(C)=O)[C@]23O[C@@]2(C)C(=O)O[C@H]3/C=C\1C. The summed E-state index contributed by atoms with van der Waals surface area (Å²) in [5, 5.41) is 12.2. The summed E-state index contributed by atoms with van der Waals surface area (Å²) >= 11 is 0. The lowest BCUT2D eigenvalue weighted by Gasteiger charge is -2.55. The first-order chi connectivity index (χ1) is 18.4. The van der Waals surface area contributed by atoms with Crippen LogP contribution in [0.25, 0.3) is 0 Å². The van der Waals surface area contributed by atoms with E-state index in [2.05, 4.69) is 0 Å². The van der Waals surface area contributed by atoms with Crippen molar-refractivity contribution in [2.24, 2.45) is 11.3 Å². The number of hydrogen-bond donors (Lipinski definition) is 1. The van der Waals surface area contributed by atoms with Gasteiger partial charge in [-0.3, -0.25) is 19.2 Å². The molecular weight excluding hydrogens is 528 g/mol. The highest BCUT2D eigenvalue weighted by Gasteiger charge is 2.87. The van der Waals surface area contributed by atoms with Crippen LogP contribution >= 0.6 is 0 Å². The standard InChI is InChI=1S/C28H36O12/c1-13-11-21-28(27(8,40-28)24(33)39-21)23(38-17(5)32)22-25(6,10-9-19(26(22,7)34)36-15(3)30)20(37-16(4)31)12-18(13)35-14(2)29/h9-11,18-23,34H,12H2,1-8H3/b13-11-/t18?,19-,20+,21+,22-,23?,25-,26-,27+,28+/m1/s1. The Labute approximate surface area is 231 Å². The summed E-state index contributed by atoms with van der Waals surface area (Å²) in [5.41, 5.74) is -5.99. The van der Waals surface area contributed by atoms with Crippen molar-refractivity contribution in [1.82, 2.24) is 0 Å². The molecule has 220 valence electrons. The van der Waals surface area contributed by atoms with Gasteiger partial charge in [-0.25, -0.2) is 4.79 Å². The number of carbonyl (C=O) groups is 5. The fourth-order valence-electron chi connectivity index (χ4n) is 6.76. The molecule has 2 aliphatic heterocycles. The van der Waals surface area contributed by atoms with E-state index in [1.54, 1.807) is 26.0 Å². The fraction of sp³-hybridized carbons (Fsp3) is 0.679. The van der Waals surface area contributed by atoms with E-state index in [-0.39, 0.29) is 6.42 Å². The highest BCUT2D eigenvalue weighted by Crippen LogP contribution is 2.65. The third kappa shape index (κ3) is 4.50. The van der Waals surface area contributed by atoms with E-state index in [1.165, 1.54) is 47.6 Å². The lowest BCUT2D eigenvalue weighted by Crippen LogP contribution is -2.67. The quantitative estimate of drug-likeness (QED) is 0.227. The Hall–Kier alpha value is -3.25. The molecule has 2 saturated heterocycles. The highest BCUT2D eigenvalue weighted by atomic mass is 16.7. The van der Waals surface area contributed by atoms with Crippen LogP contribution in [0.15, 0.2) is 23.8 Å². The number of ether oxygens (including phenoxy) is 6. The van der Waals surface area contributed by atoms with Gasteiger partial charge in [-0.05, 0) is 38.5 Å². The van der Waals surface area contributed by atoms with Gasteiger partial charge in [0.2, 0.25) is 0 Å². The Balaban J connectivity index is 2.04. The largest absolute Gasteiger partial charge is 0.461 e. The summed E-state index contributed by atoms with van der Waals surface area (Å²) in [6.07, 6.45) is -1.03. The number of carbonyl (C=O) groups excluding carboxylic acids is 5. The molecule has 1 spiro atoms. The third-order valence-electron chi connectivity index (χ3n) is 8.60. The predicted molar refractivity (Wildman–Crippen MR) is 134 cm³/mol. The van der Waals surface area contributed by atoms with Crippen LogP contribution in [0.5, 0.6) is 0 Å². The second kappa shape index (κ2) is 9.69. The predicted octanol–water partition coefficient (Wildman–Crippen LogP) is 1.46. The molecule has 12 heteroatoms. The number of aliphatic hydroxyl groups is 1. The van der Waals surface area contributed by atoms with Crippen molar-refractivity contribution in [2.45, 2.75) is 109 Å². The van der Waals surface area contributed by atoms with Gasteiger partial charge in [-0.2, -0.15) is 0 Å². The Morgan fingerprint density at radius 2 is 1.50 bits per heavy atom. The van der Waals surface area contributed by atoms with Gasteiger partial charge < -0.3 is 33.5 Å². The molecule has 0 aromatic heterocycles. The Kier molecular flexibility index (Phi) is 7.20. The van der Waals surface area contributed by atoms with Crippen LogP contribution in [0.4, 0.5) is 0 Å². The van der Waals surface area contributed by atoms with Gasteiger partial charge >= 0.3 is 29.8 Å². The minimum absolute atomic E-state index is 0.0499. The van der Waals surface area contributed by atoms with Crippen LogP contribution in [-0.4, -0.2) is 82.3 Å². The van der Waals surface area contributed by atoms with Crippen molar-refractivity contribution in [2.75, 3.05) is 0 Å². The van der Waals surface area contributed by atoms with Crippen LogP contribution in [0.1, 0.15) is 61.8 Å². The first-order valence-corrected chi connectivity index (χ1v) is 13.1. The minimum Gasteiger partial charge on any atom is -0.461 e. The van der Waals surface area contributed by atoms with Crippen molar-refractivity contribution >= 4 is 29.8 Å². The molecule has 4 rings (SSSR count). The summed E-state index contributed by atoms with van der Waals surface area (Å²) in [6, 6.07) is 0. The average molecular weight is 565 g/mol. The second-order valence-electron chi connectivity index (χ2n) is 11.6. The number of epoxide rings is 1. The molecule has 10 atom stereocenters. The number of fused-ring (bicyclic) bond motifs is 1. The molecule has 1 N–H and O–H groups in total. The molecule has 0 bridgehead atoms. The molecular formula is C28H36O12. The number of hydrogen-bond acceptors (Lipinski definition) is 12. The fourth-order valence-corrected chi connectivity index (χ4v) is 6.76. The van der Waals surface area contributed by atoms with E-state index in [4.69, 9.17) is 28.4 Å². The van der Waals surface area contributed by atoms with Crippen molar-refractivity contribution in [3.63, 3.8) is 0 Å². The maximum Gasteiger partial charge on any atom is 0.342 e. The molecule has 2 unspecified atom stereocenters. The minimum atomic E-state index is -1.96. The maximum atomic E-state index is 13.1. The molecule has 0 radical (unpaired) electrons. The van der Waals surface area contributed by atoms with Gasteiger partial charge in [0.05, 0.1) is 0 Å². The van der Waals surface area contributed by atoms with E-state index in [1.807, 2.05) is 0 Å². The highest BCUT2D eigenvalue weighted by molar-refractivity contribution is 5.89. The Morgan fingerprint density at radius 3 is 2.02 bits per heavy atom. The Morgan fingerprint density at radius 1 is 0.925 bits per heavy atom. The zero-order valence-electron chi connectivity index (χ0n) is 23.8. The Bertz CT molecular complexity index is 1200. The van der Waals surface area contributed by atoms with E-state index in [0.717, 1.165) is 0 Å². The van der Waals surface area contributed by atoms with Crippen LogP contribution < -0.4 is 0 Å². The summed E-state index contributed by atoms with van der Waals surface area (Å²) in [6.45, 7) is 11.1. The summed E-state index contributed by atoms with van der Waals surface area (Å²) in [5.74, 6) is -4.55. The molecule has 2 fully saturated rings. The van der Waals surface area contributed by atoms with E-state index >= 15 is 0 Å². The summed E-state index contributed by atoms with van der Waals surface area (Å²) < 4.78 is 34.6. The van der Waals surface area contributed by atoms with Crippen LogP contribution in [0, 0.1) is 11.3 Å². The zero-order chi connectivity index (χ0) is 30.0. The van der Waals surface area contributed by atoms with E-state index in [0.29, 0.717) is 5.57 Å². The van der Waals surface area contributed by atoms with Gasteiger partial charge in [0.1, 0.15) is 30.0 Å². The van der Waals surface area contributed by atoms with Crippen LogP contribution in [-0.2, 0) is 52.4 Å². The molecule has 12 nitrogen and oxygen atoms in total. The van der Waals surface area contributed by atoms with E-state index in [9.17, 15) is 29.1 Å². The van der Waals surface area contributed by atoms with Gasteiger partial charge in [0.15, 0.2) is 17.3 Å². The van der Waals surface area contributed by atoms with Crippen molar-refractivity contribution < 1.29 is 57.5 Å². The molecule has 2 aliphatic carbocycles. The number of esters is 5. The molecule has 2 heterocycles. The summed E-state index contributed by atoms with van der Waals surface area (Å²) in [7, 11) is 0. The normalized spacial score (nSPS) is 44.8.